The van der Waals surface area contributed by atoms with Crippen molar-refractivity contribution in [1.29, 1.82) is 0 Å². The van der Waals surface area contributed by atoms with Crippen LogP contribution in [0.5, 0.6) is 0 Å². The third-order valence-corrected chi connectivity index (χ3v) is 3.50. The average molecular weight is 218 g/mol. The third kappa shape index (κ3) is 2.94. The number of hydrogen-bond acceptors (Lipinski definition) is 6. The summed E-state index contributed by atoms with van der Waals surface area (Å²) in [4.78, 5) is 15.1. The highest BCUT2D eigenvalue weighted by molar-refractivity contribution is 8.02. The lowest BCUT2D eigenvalue weighted by molar-refractivity contribution is -0.120. The Balaban J connectivity index is 2.54. The molecular weight excluding hydrogens is 208 g/mol. The van der Waals surface area contributed by atoms with E-state index in [1.807, 2.05) is 6.92 Å². The fourth-order valence-corrected chi connectivity index (χ4v) is 2.37. The number of nitrogens with zero attached hydrogens (tertiary/aromatic N) is 2. The maximum absolute atomic E-state index is 11.2. The van der Waals surface area contributed by atoms with Gasteiger partial charge in [0, 0.05) is 0 Å². The number of carbonyl (C=O) groups is 1. The summed E-state index contributed by atoms with van der Waals surface area (Å²) in [5.41, 5.74) is 2.13. The highest BCUT2D eigenvalue weighted by Crippen LogP contribution is 2.25. The quantitative estimate of drug-likeness (QED) is 0.331. The van der Waals surface area contributed by atoms with E-state index in [1.54, 1.807) is 0 Å². The van der Waals surface area contributed by atoms with Crippen LogP contribution in [-0.2, 0) is 4.79 Å². The first-order valence-corrected chi connectivity index (χ1v) is 5.37. The van der Waals surface area contributed by atoms with E-state index < -0.39 is 0 Å². The fourth-order valence-electron chi connectivity index (χ4n) is 0.752. The van der Waals surface area contributed by atoms with E-state index in [9.17, 15) is 4.79 Å². The highest BCUT2D eigenvalue weighted by Gasteiger charge is 2.17. The van der Waals surface area contributed by atoms with E-state index in [-0.39, 0.29) is 11.2 Å². The smallest absolute Gasteiger partial charge is 0.247 e. The lowest BCUT2D eigenvalue weighted by Gasteiger charge is -2.09. The van der Waals surface area contributed by atoms with Crippen molar-refractivity contribution in [2.45, 2.75) is 22.9 Å². The lowest BCUT2D eigenvalue weighted by Crippen LogP contribution is -2.37. The van der Waals surface area contributed by atoms with E-state index in [4.69, 9.17) is 5.84 Å². The van der Waals surface area contributed by atoms with Crippen LogP contribution < -0.4 is 11.3 Å². The van der Waals surface area contributed by atoms with Gasteiger partial charge in [-0.05, 0) is 18.0 Å². The molecule has 0 spiro atoms. The first-order valence-electron chi connectivity index (χ1n) is 3.71. The van der Waals surface area contributed by atoms with Crippen LogP contribution in [0.3, 0.4) is 0 Å². The van der Waals surface area contributed by atoms with Crippen LogP contribution in [0.15, 0.2) is 10.7 Å². The van der Waals surface area contributed by atoms with Gasteiger partial charge in [-0.25, -0.2) is 10.8 Å². The van der Waals surface area contributed by atoms with Crippen LogP contribution >= 0.6 is 23.3 Å². The molecule has 5 nitrogen and oxygen atoms in total. The molecule has 1 heterocycles. The van der Waals surface area contributed by atoms with Gasteiger partial charge >= 0.3 is 0 Å². The van der Waals surface area contributed by atoms with Crippen LogP contribution in [0.2, 0.25) is 0 Å². The summed E-state index contributed by atoms with van der Waals surface area (Å²) in [5, 5.41) is -0.182. The Kier molecular flexibility index (Phi) is 4.13. The first kappa shape index (κ1) is 10.4. The average Bonchev–Trinajstić information content (AvgIpc) is 2.65. The van der Waals surface area contributed by atoms with Crippen LogP contribution in [0.4, 0.5) is 0 Å². The van der Waals surface area contributed by atoms with Crippen LogP contribution in [0.1, 0.15) is 13.3 Å². The van der Waals surface area contributed by atoms with Gasteiger partial charge in [0.05, 0.1) is 5.25 Å². The molecule has 0 saturated carbocycles. The second kappa shape index (κ2) is 5.15. The minimum absolute atomic E-state index is 0.178. The van der Waals surface area contributed by atoms with Crippen LogP contribution in [0, 0.1) is 0 Å². The molecule has 0 fully saturated rings. The highest BCUT2D eigenvalue weighted by atomic mass is 32.2. The van der Waals surface area contributed by atoms with E-state index >= 15 is 0 Å². The lowest BCUT2D eigenvalue weighted by atomic mass is 10.3. The van der Waals surface area contributed by atoms with Crippen molar-refractivity contribution in [2.24, 2.45) is 5.84 Å². The SMILES string of the molecule is CCC(Sc1ncns1)C(=O)NN. The summed E-state index contributed by atoms with van der Waals surface area (Å²) in [5.74, 6) is 4.85. The van der Waals surface area contributed by atoms with Gasteiger partial charge in [-0.1, -0.05) is 18.7 Å². The third-order valence-electron chi connectivity index (χ3n) is 1.39. The number of carbonyl (C=O) groups excluding carboxylic acids is 1. The standard InChI is InChI=1S/C6H10N4OS2/c1-2-4(5(11)10-7)12-6-8-3-9-13-6/h3-4H,2,7H2,1H3,(H,10,11). The van der Waals surface area contributed by atoms with E-state index in [0.29, 0.717) is 6.42 Å². The van der Waals surface area contributed by atoms with Crippen LogP contribution in [0.25, 0.3) is 0 Å². The molecule has 1 atom stereocenters. The van der Waals surface area contributed by atoms with Crippen molar-refractivity contribution in [2.75, 3.05) is 0 Å². The van der Waals surface area contributed by atoms with Gasteiger partial charge < -0.3 is 0 Å². The molecule has 7 heteroatoms. The molecule has 0 saturated heterocycles. The van der Waals surface area contributed by atoms with E-state index in [1.165, 1.54) is 29.6 Å². The van der Waals surface area contributed by atoms with Gasteiger partial charge in [-0.15, -0.1) is 0 Å². The maximum atomic E-state index is 11.2. The topological polar surface area (TPSA) is 80.9 Å². The summed E-state index contributed by atoms with van der Waals surface area (Å²) in [6.45, 7) is 1.92. The molecule has 0 aliphatic carbocycles. The maximum Gasteiger partial charge on any atom is 0.247 e. The molecule has 0 aliphatic rings. The number of hydrogen-bond donors (Lipinski definition) is 2. The zero-order chi connectivity index (χ0) is 9.68. The molecule has 72 valence electrons. The second-order valence-corrected chi connectivity index (χ2v) is 4.46. The van der Waals surface area contributed by atoms with Gasteiger partial charge in [0.25, 0.3) is 0 Å². The molecule has 0 aliphatic heterocycles. The van der Waals surface area contributed by atoms with Crippen molar-refractivity contribution in [1.82, 2.24) is 14.8 Å². The number of aromatic nitrogens is 2. The number of thioether (sulfide) groups is 1. The molecule has 0 radical (unpaired) electrons. The zero-order valence-corrected chi connectivity index (χ0v) is 8.69. The predicted molar refractivity (Wildman–Crippen MR) is 52.2 cm³/mol. The largest absolute Gasteiger partial charge is 0.293 e. The molecule has 1 unspecified atom stereocenters. The Bertz CT molecular complexity index is 264. The molecule has 1 rings (SSSR count). The normalized spacial score (nSPS) is 12.5. The number of nitrogens with one attached hydrogen (secondary N) is 1. The summed E-state index contributed by atoms with van der Waals surface area (Å²) in [7, 11) is 0. The van der Waals surface area contributed by atoms with Gasteiger partial charge in [0.15, 0.2) is 4.34 Å². The van der Waals surface area contributed by atoms with Crippen molar-refractivity contribution < 1.29 is 4.79 Å². The predicted octanol–water partition coefficient (Wildman–Crippen LogP) is 0.399. The minimum atomic E-state index is -0.182. The van der Waals surface area contributed by atoms with Gasteiger partial charge in [0.2, 0.25) is 5.91 Å². The number of rotatable bonds is 4. The van der Waals surface area contributed by atoms with Crippen molar-refractivity contribution in [3.63, 3.8) is 0 Å². The summed E-state index contributed by atoms with van der Waals surface area (Å²) in [6.07, 6.45) is 2.19. The van der Waals surface area contributed by atoms with Crippen LogP contribution in [-0.4, -0.2) is 20.5 Å². The van der Waals surface area contributed by atoms with Gasteiger partial charge in [0.1, 0.15) is 6.33 Å². The second-order valence-electron chi connectivity index (χ2n) is 2.23. The molecule has 1 aromatic heterocycles. The summed E-state index contributed by atoms with van der Waals surface area (Å²) in [6, 6.07) is 0. The van der Waals surface area contributed by atoms with Crippen molar-refractivity contribution >= 4 is 29.2 Å². The minimum Gasteiger partial charge on any atom is -0.293 e. The fraction of sp³-hybridized carbons (Fsp3) is 0.500. The molecule has 0 aromatic carbocycles. The first-order chi connectivity index (χ1) is 6.27. The molecule has 3 N–H and O–H groups in total. The van der Waals surface area contributed by atoms with Gasteiger partial charge in [-0.2, -0.15) is 4.37 Å². The van der Waals surface area contributed by atoms with Crippen molar-refractivity contribution in [3.05, 3.63) is 6.33 Å². The number of nitrogens with two attached hydrogens (primary N) is 1. The molecule has 0 bridgehead atoms. The Morgan fingerprint density at radius 2 is 2.69 bits per heavy atom. The zero-order valence-electron chi connectivity index (χ0n) is 7.06. The molecule has 1 aromatic rings. The Labute approximate surface area is 84.3 Å². The van der Waals surface area contributed by atoms with E-state index in [2.05, 4.69) is 14.8 Å². The Morgan fingerprint density at radius 1 is 1.92 bits per heavy atom. The van der Waals surface area contributed by atoms with E-state index in [0.717, 1.165) is 4.34 Å². The number of amides is 1. The molecule has 13 heavy (non-hydrogen) atoms. The monoisotopic (exact) mass is 218 g/mol. The summed E-state index contributed by atoms with van der Waals surface area (Å²) >= 11 is 2.66. The summed E-state index contributed by atoms with van der Waals surface area (Å²) < 4.78 is 4.63. The Hall–Kier alpha value is -0.660. The Morgan fingerprint density at radius 3 is 3.15 bits per heavy atom. The van der Waals surface area contributed by atoms with Gasteiger partial charge in [-0.3, -0.25) is 10.2 Å². The molecule has 1 amide bonds. The number of hydrazine groups is 1. The molecular formula is C6H10N4OS2. The van der Waals surface area contributed by atoms with Crippen molar-refractivity contribution in [3.8, 4) is 0 Å².